The smallest absolute Gasteiger partial charge is 0.234 e. The zero-order valence-electron chi connectivity index (χ0n) is 19.0. The molecule has 3 rings (SSSR count). The van der Waals surface area contributed by atoms with Crippen LogP contribution < -0.4 is 10.2 Å². The Bertz CT molecular complexity index is 841. The van der Waals surface area contributed by atoms with Crippen LogP contribution in [0.15, 0.2) is 30.3 Å². The van der Waals surface area contributed by atoms with Crippen molar-refractivity contribution in [3.8, 4) is 0 Å². The molecular formula is C24H35N5O. The number of amides is 1. The van der Waals surface area contributed by atoms with Gasteiger partial charge in [-0.25, -0.2) is 9.97 Å². The number of aromatic nitrogens is 2. The molecule has 1 aliphatic heterocycles. The van der Waals surface area contributed by atoms with Crippen LogP contribution in [-0.4, -0.2) is 53.5 Å². The number of aryl methyl sites for hydroxylation is 2. The monoisotopic (exact) mass is 409 g/mol. The molecule has 162 valence electrons. The Morgan fingerprint density at radius 3 is 2.33 bits per heavy atom. The molecule has 0 bridgehead atoms. The lowest BCUT2D eigenvalue weighted by Crippen LogP contribution is -2.50. The Balaban J connectivity index is 1.50. The largest absolute Gasteiger partial charge is 0.354 e. The Labute approximate surface area is 180 Å². The van der Waals surface area contributed by atoms with E-state index >= 15 is 0 Å². The lowest BCUT2D eigenvalue weighted by molar-refractivity contribution is -0.123. The van der Waals surface area contributed by atoms with Gasteiger partial charge in [-0.3, -0.25) is 9.69 Å². The summed E-state index contributed by atoms with van der Waals surface area (Å²) in [7, 11) is 0. The molecule has 6 heteroatoms. The van der Waals surface area contributed by atoms with Crippen molar-refractivity contribution in [2.45, 2.75) is 53.0 Å². The van der Waals surface area contributed by atoms with Crippen molar-refractivity contribution in [2.24, 2.45) is 0 Å². The third-order valence-electron chi connectivity index (χ3n) is 5.70. The number of carbonyl (C=O) groups excluding carboxylic acids is 1. The van der Waals surface area contributed by atoms with Crippen LogP contribution in [0.1, 0.15) is 62.3 Å². The molecule has 6 nitrogen and oxygen atoms in total. The molecule has 0 spiro atoms. The third kappa shape index (κ3) is 5.79. The highest BCUT2D eigenvalue weighted by molar-refractivity contribution is 5.78. The first-order valence-electron chi connectivity index (χ1n) is 11.1. The molecule has 1 unspecified atom stereocenters. The van der Waals surface area contributed by atoms with Crippen LogP contribution in [-0.2, 0) is 11.2 Å². The maximum absolute atomic E-state index is 12.5. The van der Waals surface area contributed by atoms with Crippen molar-refractivity contribution < 1.29 is 4.79 Å². The summed E-state index contributed by atoms with van der Waals surface area (Å²) in [5.41, 5.74) is 3.46. The zero-order chi connectivity index (χ0) is 21.7. The maximum Gasteiger partial charge on any atom is 0.234 e. The summed E-state index contributed by atoms with van der Waals surface area (Å²) in [6, 6.07) is 10.6. The molecule has 1 fully saturated rings. The Kier molecular flexibility index (Phi) is 7.43. The van der Waals surface area contributed by atoms with Crippen LogP contribution in [0.4, 0.5) is 5.82 Å². The molecule has 1 N–H and O–H groups in total. The molecular weight excluding hydrogens is 374 g/mol. The van der Waals surface area contributed by atoms with Gasteiger partial charge in [-0.05, 0) is 31.4 Å². The lowest BCUT2D eigenvalue weighted by Gasteiger charge is -2.35. The fourth-order valence-corrected chi connectivity index (χ4v) is 3.75. The van der Waals surface area contributed by atoms with E-state index in [1.807, 2.05) is 13.8 Å². The van der Waals surface area contributed by atoms with Gasteiger partial charge in [0.1, 0.15) is 11.6 Å². The van der Waals surface area contributed by atoms with Crippen LogP contribution in [0.3, 0.4) is 0 Å². The number of rotatable bonds is 7. The van der Waals surface area contributed by atoms with Gasteiger partial charge < -0.3 is 10.2 Å². The van der Waals surface area contributed by atoms with E-state index in [9.17, 15) is 4.79 Å². The lowest BCUT2D eigenvalue weighted by atomic mass is 10.1. The van der Waals surface area contributed by atoms with E-state index in [1.54, 1.807) is 0 Å². The number of nitrogens with one attached hydrogen (secondary N) is 1. The first kappa shape index (κ1) is 22.2. The molecule has 1 aromatic heterocycles. The molecule has 1 saturated heterocycles. The minimum absolute atomic E-state index is 0.0168. The molecule has 0 radical (unpaired) electrons. The number of hydrogen-bond donors (Lipinski definition) is 1. The van der Waals surface area contributed by atoms with Crippen molar-refractivity contribution in [1.82, 2.24) is 20.2 Å². The quantitative estimate of drug-likeness (QED) is 0.759. The first-order valence-corrected chi connectivity index (χ1v) is 11.1. The van der Waals surface area contributed by atoms with Crippen molar-refractivity contribution in [3.63, 3.8) is 0 Å². The summed E-state index contributed by atoms with van der Waals surface area (Å²) in [4.78, 5) is 26.4. The Morgan fingerprint density at radius 1 is 1.07 bits per heavy atom. The van der Waals surface area contributed by atoms with E-state index < -0.39 is 0 Å². The van der Waals surface area contributed by atoms with Gasteiger partial charge in [-0.2, -0.15) is 0 Å². The number of piperazine rings is 1. The predicted molar refractivity (Wildman–Crippen MR) is 122 cm³/mol. The molecule has 1 aromatic carbocycles. The van der Waals surface area contributed by atoms with Gasteiger partial charge in [-0.15, -0.1) is 0 Å². The number of carbonyl (C=O) groups is 1. The van der Waals surface area contributed by atoms with Gasteiger partial charge in [0.05, 0.1) is 12.6 Å². The second-order valence-electron chi connectivity index (χ2n) is 8.53. The van der Waals surface area contributed by atoms with E-state index in [2.05, 4.69) is 71.2 Å². The molecule has 30 heavy (non-hydrogen) atoms. The second kappa shape index (κ2) is 10.0. The van der Waals surface area contributed by atoms with Gasteiger partial charge >= 0.3 is 0 Å². The fourth-order valence-electron chi connectivity index (χ4n) is 3.75. The molecule has 2 aromatic rings. The van der Waals surface area contributed by atoms with E-state index in [1.165, 1.54) is 5.56 Å². The van der Waals surface area contributed by atoms with E-state index in [0.717, 1.165) is 55.5 Å². The zero-order valence-corrected chi connectivity index (χ0v) is 19.0. The topological polar surface area (TPSA) is 61.4 Å². The average Bonchev–Trinajstić information content (AvgIpc) is 2.73. The molecule has 1 atom stereocenters. The summed E-state index contributed by atoms with van der Waals surface area (Å²) in [6.07, 6.45) is 1.03. The highest BCUT2D eigenvalue weighted by Gasteiger charge is 2.21. The van der Waals surface area contributed by atoms with Crippen LogP contribution in [0.2, 0.25) is 0 Å². The fraction of sp³-hybridized carbons (Fsp3) is 0.542. The van der Waals surface area contributed by atoms with Crippen LogP contribution in [0.5, 0.6) is 0 Å². The minimum atomic E-state index is 0.0168. The normalized spacial score (nSPS) is 16.0. The SMILES string of the molecule is CCc1ccc(C(C)NC(=O)CN2CCN(c3cc(C)nc(C(C)C)n3)CC2)cc1. The summed E-state index contributed by atoms with van der Waals surface area (Å²) in [5.74, 6) is 2.29. The number of hydrogen-bond acceptors (Lipinski definition) is 5. The van der Waals surface area contributed by atoms with Gasteiger partial charge in [0.15, 0.2) is 0 Å². The van der Waals surface area contributed by atoms with Gasteiger partial charge in [0.25, 0.3) is 0 Å². The van der Waals surface area contributed by atoms with Crippen LogP contribution in [0.25, 0.3) is 0 Å². The van der Waals surface area contributed by atoms with Gasteiger partial charge in [0, 0.05) is 43.9 Å². The second-order valence-corrected chi connectivity index (χ2v) is 8.53. The van der Waals surface area contributed by atoms with Crippen molar-refractivity contribution in [3.05, 3.63) is 53.0 Å². The first-order chi connectivity index (χ1) is 14.4. The number of nitrogens with zero attached hydrogens (tertiary/aromatic N) is 4. The molecule has 0 aliphatic carbocycles. The number of anilines is 1. The molecule has 1 aliphatic rings. The summed E-state index contributed by atoms with van der Waals surface area (Å²) >= 11 is 0. The molecule has 2 heterocycles. The summed E-state index contributed by atoms with van der Waals surface area (Å²) in [5, 5.41) is 3.14. The Morgan fingerprint density at radius 2 is 1.73 bits per heavy atom. The predicted octanol–water partition coefficient (Wildman–Crippen LogP) is 3.47. The summed E-state index contributed by atoms with van der Waals surface area (Å²) < 4.78 is 0. The molecule has 0 saturated carbocycles. The van der Waals surface area contributed by atoms with E-state index in [4.69, 9.17) is 4.98 Å². The van der Waals surface area contributed by atoms with Crippen LogP contribution >= 0.6 is 0 Å². The van der Waals surface area contributed by atoms with Crippen molar-refractivity contribution >= 4 is 11.7 Å². The molecule has 1 amide bonds. The average molecular weight is 410 g/mol. The number of benzene rings is 1. The Hall–Kier alpha value is -2.47. The van der Waals surface area contributed by atoms with Crippen molar-refractivity contribution in [2.75, 3.05) is 37.6 Å². The standard InChI is InChI=1S/C24H35N5O/c1-6-20-7-9-21(10-8-20)19(5)26-23(30)16-28-11-13-29(14-12-28)22-15-18(4)25-24(27-22)17(2)3/h7-10,15,17,19H,6,11-14,16H2,1-5H3,(H,26,30). The highest BCUT2D eigenvalue weighted by atomic mass is 16.2. The highest BCUT2D eigenvalue weighted by Crippen LogP contribution is 2.19. The van der Waals surface area contributed by atoms with E-state index in [0.29, 0.717) is 12.5 Å². The maximum atomic E-state index is 12.5. The third-order valence-corrected chi connectivity index (χ3v) is 5.70. The van der Waals surface area contributed by atoms with Gasteiger partial charge in [0.2, 0.25) is 5.91 Å². The van der Waals surface area contributed by atoms with Crippen molar-refractivity contribution in [1.29, 1.82) is 0 Å². The van der Waals surface area contributed by atoms with Crippen LogP contribution in [0, 0.1) is 6.92 Å². The van der Waals surface area contributed by atoms with E-state index in [-0.39, 0.29) is 11.9 Å². The minimum Gasteiger partial charge on any atom is -0.354 e. The summed E-state index contributed by atoms with van der Waals surface area (Å²) in [6.45, 7) is 14.3. The van der Waals surface area contributed by atoms with Gasteiger partial charge in [-0.1, -0.05) is 45.0 Å².